The maximum absolute atomic E-state index is 13.6. The number of hydrazone groups is 1. The van der Waals surface area contributed by atoms with E-state index < -0.39 is 21.8 Å². The van der Waals surface area contributed by atoms with Crippen LogP contribution in [0.3, 0.4) is 0 Å². The Morgan fingerprint density at radius 1 is 0.889 bits per heavy atom. The minimum absolute atomic E-state index is 0.0679. The summed E-state index contributed by atoms with van der Waals surface area (Å²) in [5.41, 5.74) is 4.72. The summed E-state index contributed by atoms with van der Waals surface area (Å²) in [4.78, 5) is 24.5. The molecule has 0 saturated carbocycles. The van der Waals surface area contributed by atoms with E-state index in [-0.39, 0.29) is 30.3 Å². The number of rotatable bonds is 13. The van der Waals surface area contributed by atoms with E-state index in [9.17, 15) is 18.0 Å². The molecule has 0 fully saturated rings. The van der Waals surface area contributed by atoms with E-state index in [0.29, 0.717) is 28.7 Å². The van der Waals surface area contributed by atoms with Crippen molar-refractivity contribution in [3.63, 3.8) is 0 Å². The molecule has 0 atom stereocenters. The third-order valence-electron chi connectivity index (χ3n) is 6.66. The molecule has 4 aromatic rings. The molecule has 13 heteroatoms. The van der Waals surface area contributed by atoms with Crippen LogP contribution in [0.1, 0.15) is 28.2 Å². The van der Waals surface area contributed by atoms with E-state index >= 15 is 0 Å². The van der Waals surface area contributed by atoms with Gasteiger partial charge in [0.25, 0.3) is 0 Å². The molecule has 0 aliphatic rings. The lowest BCUT2D eigenvalue weighted by Crippen LogP contribution is -2.38. The lowest BCUT2D eigenvalue weighted by Gasteiger charge is -2.21. The van der Waals surface area contributed by atoms with Crippen molar-refractivity contribution in [3.8, 4) is 11.5 Å². The number of halogens is 1. The first-order valence-corrected chi connectivity index (χ1v) is 15.6. The SMILES string of the molecule is COc1ccc(CCNC(=O)C(=O)N/N=C/c2ccc(CN(Cc3ccc(Cl)cc3)S(=O)(=O)c3ccc(C)cc3)o2)cc1OC. The highest BCUT2D eigenvalue weighted by Gasteiger charge is 2.26. The second kappa shape index (κ2) is 15.4. The van der Waals surface area contributed by atoms with Crippen molar-refractivity contribution in [2.45, 2.75) is 31.3 Å². The lowest BCUT2D eigenvalue weighted by atomic mass is 10.1. The summed E-state index contributed by atoms with van der Waals surface area (Å²) in [5, 5.41) is 6.87. The second-order valence-corrected chi connectivity index (χ2v) is 12.3. The van der Waals surface area contributed by atoms with E-state index in [1.807, 2.05) is 13.0 Å². The van der Waals surface area contributed by atoms with Crippen molar-refractivity contribution >= 4 is 39.7 Å². The average Bonchev–Trinajstić information content (AvgIpc) is 3.48. The summed E-state index contributed by atoms with van der Waals surface area (Å²) >= 11 is 6.01. The Morgan fingerprint density at radius 2 is 1.58 bits per heavy atom. The van der Waals surface area contributed by atoms with Crippen LogP contribution in [0.5, 0.6) is 11.5 Å². The Bertz CT molecular complexity index is 1760. The van der Waals surface area contributed by atoms with Crippen LogP contribution in [0.4, 0.5) is 0 Å². The predicted octanol–water partition coefficient (Wildman–Crippen LogP) is 4.46. The molecular formula is C32H33ClN4O7S. The van der Waals surface area contributed by atoms with E-state index in [0.717, 1.165) is 16.7 Å². The molecule has 11 nitrogen and oxygen atoms in total. The van der Waals surface area contributed by atoms with E-state index in [1.165, 1.54) is 17.6 Å². The Labute approximate surface area is 266 Å². The van der Waals surface area contributed by atoms with Gasteiger partial charge in [-0.25, -0.2) is 13.8 Å². The van der Waals surface area contributed by atoms with Gasteiger partial charge in [-0.2, -0.15) is 9.41 Å². The average molecular weight is 653 g/mol. The summed E-state index contributed by atoms with van der Waals surface area (Å²) in [7, 11) is -0.814. The quantitative estimate of drug-likeness (QED) is 0.124. The van der Waals surface area contributed by atoms with Gasteiger partial charge in [0, 0.05) is 18.1 Å². The largest absolute Gasteiger partial charge is 0.493 e. The maximum Gasteiger partial charge on any atom is 0.329 e. The smallest absolute Gasteiger partial charge is 0.329 e. The number of hydrogen-bond acceptors (Lipinski definition) is 8. The fourth-order valence-electron chi connectivity index (χ4n) is 4.24. The molecule has 0 bridgehead atoms. The third-order valence-corrected chi connectivity index (χ3v) is 8.71. The van der Waals surface area contributed by atoms with Crippen LogP contribution >= 0.6 is 11.6 Å². The number of carbonyl (C=O) groups is 2. The highest BCUT2D eigenvalue weighted by Crippen LogP contribution is 2.27. The number of ether oxygens (including phenoxy) is 2. The van der Waals surface area contributed by atoms with Crippen molar-refractivity contribution in [1.82, 2.24) is 15.0 Å². The molecule has 236 valence electrons. The van der Waals surface area contributed by atoms with E-state index in [2.05, 4.69) is 15.8 Å². The van der Waals surface area contributed by atoms with Crippen molar-refractivity contribution < 1.29 is 31.9 Å². The molecule has 45 heavy (non-hydrogen) atoms. The van der Waals surface area contributed by atoms with Crippen LogP contribution in [0.25, 0.3) is 0 Å². The molecule has 1 aromatic heterocycles. The van der Waals surface area contributed by atoms with Crippen molar-refractivity contribution in [1.29, 1.82) is 0 Å². The first-order chi connectivity index (χ1) is 21.6. The monoisotopic (exact) mass is 652 g/mol. The van der Waals surface area contributed by atoms with Gasteiger partial charge < -0.3 is 19.2 Å². The first kappa shape index (κ1) is 33.2. The molecule has 0 unspecified atom stereocenters. The number of nitrogens with one attached hydrogen (secondary N) is 2. The number of sulfonamides is 1. The number of hydrogen-bond donors (Lipinski definition) is 2. The highest BCUT2D eigenvalue weighted by atomic mass is 35.5. The van der Waals surface area contributed by atoms with Crippen LogP contribution in [0, 0.1) is 6.92 Å². The minimum atomic E-state index is -3.89. The highest BCUT2D eigenvalue weighted by molar-refractivity contribution is 7.89. The minimum Gasteiger partial charge on any atom is -0.493 e. The van der Waals surface area contributed by atoms with E-state index in [1.54, 1.807) is 79.9 Å². The molecule has 0 aliphatic carbocycles. The van der Waals surface area contributed by atoms with Crippen LogP contribution in [0.2, 0.25) is 5.02 Å². The zero-order valence-corrected chi connectivity index (χ0v) is 26.5. The van der Waals surface area contributed by atoms with Gasteiger partial charge in [-0.3, -0.25) is 9.59 Å². The van der Waals surface area contributed by atoms with Gasteiger partial charge in [-0.05, 0) is 73.0 Å². The maximum atomic E-state index is 13.6. The number of benzene rings is 3. The lowest BCUT2D eigenvalue weighted by molar-refractivity contribution is -0.139. The molecule has 1 heterocycles. The fourth-order valence-corrected chi connectivity index (χ4v) is 5.76. The van der Waals surface area contributed by atoms with Gasteiger partial charge in [0.15, 0.2) is 11.5 Å². The predicted molar refractivity (Wildman–Crippen MR) is 170 cm³/mol. The summed E-state index contributed by atoms with van der Waals surface area (Å²) in [6.45, 7) is 2.10. The van der Waals surface area contributed by atoms with Gasteiger partial charge >= 0.3 is 11.8 Å². The topological polar surface area (TPSA) is 140 Å². The molecule has 0 radical (unpaired) electrons. The Hall–Kier alpha value is -4.65. The zero-order valence-electron chi connectivity index (χ0n) is 24.9. The summed E-state index contributed by atoms with van der Waals surface area (Å²) < 4.78 is 44.7. The molecule has 3 aromatic carbocycles. The van der Waals surface area contributed by atoms with Gasteiger partial charge in [-0.15, -0.1) is 0 Å². The number of amides is 2. The van der Waals surface area contributed by atoms with Gasteiger partial charge in [0.2, 0.25) is 10.0 Å². The molecule has 0 aliphatic heterocycles. The number of furan rings is 1. The number of nitrogens with zero attached hydrogens (tertiary/aromatic N) is 2. The second-order valence-electron chi connectivity index (χ2n) is 9.91. The molecule has 4 rings (SSSR count). The van der Waals surface area contributed by atoms with Gasteiger partial charge in [-0.1, -0.05) is 47.5 Å². The Kier molecular flexibility index (Phi) is 11.4. The zero-order chi connectivity index (χ0) is 32.4. The normalized spacial score (nSPS) is 11.5. The fraction of sp³-hybridized carbons (Fsp3) is 0.219. The summed E-state index contributed by atoms with van der Waals surface area (Å²) in [6.07, 6.45) is 1.68. The number of aryl methyl sites for hydroxylation is 1. The van der Waals surface area contributed by atoms with Crippen LogP contribution < -0.4 is 20.2 Å². The van der Waals surface area contributed by atoms with Crippen LogP contribution in [-0.4, -0.2) is 51.5 Å². The summed E-state index contributed by atoms with van der Waals surface area (Å²) in [5.74, 6) is -0.0559. The molecular weight excluding hydrogens is 620 g/mol. The third kappa shape index (κ3) is 9.17. The van der Waals surface area contributed by atoms with E-state index in [4.69, 9.17) is 25.5 Å². The molecule has 0 spiro atoms. The standard InChI is InChI=1S/C32H33ClN4O7S/c1-22-4-13-28(14-5-22)45(40,41)37(20-24-6-9-25(33)10-7-24)21-27-12-11-26(44-27)19-35-36-32(39)31(38)34-17-16-23-8-15-29(42-2)30(18-23)43-3/h4-15,18-19H,16-17,20-21H2,1-3H3,(H,34,38)(H,36,39)/b35-19+. The Balaban J connectivity index is 1.34. The number of carbonyl (C=O) groups excluding carboxylic acids is 2. The summed E-state index contributed by atoms with van der Waals surface area (Å²) in [6, 6.07) is 22.1. The van der Waals surface area contributed by atoms with Crippen molar-refractivity contribution in [2.24, 2.45) is 5.10 Å². The van der Waals surface area contributed by atoms with Crippen LogP contribution in [0.15, 0.2) is 93.3 Å². The van der Waals surface area contributed by atoms with Crippen LogP contribution in [-0.2, 0) is 39.1 Å². The van der Waals surface area contributed by atoms with Gasteiger partial charge in [0.05, 0.1) is 31.9 Å². The molecule has 2 amide bonds. The van der Waals surface area contributed by atoms with Gasteiger partial charge in [0.1, 0.15) is 11.5 Å². The Morgan fingerprint density at radius 3 is 2.27 bits per heavy atom. The molecule has 0 saturated heterocycles. The van der Waals surface area contributed by atoms with Crippen molar-refractivity contribution in [2.75, 3.05) is 20.8 Å². The first-order valence-electron chi connectivity index (χ1n) is 13.8. The molecule has 2 N–H and O–H groups in total. The number of methoxy groups -OCH3 is 2. The van der Waals surface area contributed by atoms with Crippen molar-refractivity contribution in [3.05, 3.63) is 112 Å².